The van der Waals surface area contributed by atoms with E-state index in [4.69, 9.17) is 17.7 Å². The molecule has 7 aromatic rings. The molecular weight excluding hydrogens is 912 g/mol. The number of hydrogen-bond donors (Lipinski definition) is 0. The van der Waals surface area contributed by atoms with Crippen molar-refractivity contribution >= 4 is 63.4 Å². The molecule has 0 heterocycles. The van der Waals surface area contributed by atoms with Crippen LogP contribution in [0.15, 0.2) is 203 Å². The van der Waals surface area contributed by atoms with Crippen LogP contribution in [0.2, 0.25) is 0 Å². The van der Waals surface area contributed by atoms with E-state index in [0.717, 1.165) is 23.0 Å². The van der Waals surface area contributed by atoms with E-state index in [0.29, 0.717) is 0 Å². The number of hydrogen-bond acceptors (Lipinski definition) is 6. The fourth-order valence-corrected chi connectivity index (χ4v) is 13.9. The van der Waals surface area contributed by atoms with E-state index in [1.807, 2.05) is 49.4 Å². The maximum absolute atomic E-state index is 10.7. The third-order valence-electron chi connectivity index (χ3n) is 8.71. The van der Waals surface area contributed by atoms with Crippen molar-refractivity contribution in [2.24, 2.45) is 15.0 Å². The van der Waals surface area contributed by atoms with Gasteiger partial charge >= 0.3 is 25.9 Å². The first-order valence-electron chi connectivity index (χ1n) is 18.4. The van der Waals surface area contributed by atoms with E-state index in [9.17, 15) is 13.2 Å². The Labute approximate surface area is 365 Å². The van der Waals surface area contributed by atoms with Crippen LogP contribution in [0.25, 0.3) is 0 Å². The van der Waals surface area contributed by atoms with E-state index >= 15 is 0 Å². The summed E-state index contributed by atoms with van der Waals surface area (Å²) < 4.78 is 64.6. The summed E-state index contributed by atoms with van der Waals surface area (Å²) in [5, 5.41) is 13.7. The first-order valence-corrected chi connectivity index (χ1v) is 23.3. The van der Waals surface area contributed by atoms with Crippen LogP contribution in [0.4, 0.5) is 30.2 Å². The van der Waals surface area contributed by atoms with Gasteiger partial charge in [-0.3, -0.25) is 4.74 Å². The first-order chi connectivity index (χ1) is 28.2. The molecule has 0 aliphatic heterocycles. The molecule has 13 heteroatoms. The van der Waals surface area contributed by atoms with E-state index in [1.165, 1.54) is 37.9 Å². The first kappa shape index (κ1) is 47.8. The normalized spacial score (nSPS) is 11.4. The molecular formula is C47H42F3N3O3P2PdS. The van der Waals surface area contributed by atoms with Gasteiger partial charge in [0, 0.05) is 13.0 Å². The molecule has 0 spiro atoms. The number of nitrogens with zero attached hydrogens (tertiary/aromatic N) is 3. The second-order valence-electron chi connectivity index (χ2n) is 13.3. The predicted molar refractivity (Wildman–Crippen MR) is 237 cm³/mol. The number of halogens is 3. The Hall–Kier alpha value is -4.84. The van der Waals surface area contributed by atoms with Gasteiger partial charge in [-0.15, -0.1) is 6.07 Å². The number of rotatable bonds is 9. The van der Waals surface area contributed by atoms with Crippen molar-refractivity contribution in [3.05, 3.63) is 211 Å². The smallest absolute Gasteiger partial charge is 0.741 e. The summed E-state index contributed by atoms with van der Waals surface area (Å²) >= 11 is 0. The van der Waals surface area contributed by atoms with Gasteiger partial charge in [-0.25, -0.2) is 8.42 Å². The van der Waals surface area contributed by atoms with Crippen molar-refractivity contribution in [3.8, 4) is 0 Å². The summed E-state index contributed by atoms with van der Waals surface area (Å²) in [5.74, 6) is 0.984. The molecule has 0 unspecified atom stereocenters. The fourth-order valence-electron chi connectivity index (χ4n) is 5.63. The Morgan fingerprint density at radius 2 is 0.950 bits per heavy atom. The standard InChI is InChI=1S/C32H29NP2.C14H13N2.CHF3O3S.Pd/c1-27-22-24-28(25-23-27)33-35(31-18-10-4-11-19-31,32-20-12-5-13-21-32)26-34(29-14-6-2-7-15-29)30-16-8-3-9-17-30;1-11-3-7-13(8-4-11)15-16-14-9-5-12(2)6-10-14;2-1(3,4)8(5,6)7;/h2-25H,26H2,1H3;3-9H,1-2H3;(H,5,6,7);/q;-1;;+2/p-1. The van der Waals surface area contributed by atoms with E-state index in [-0.39, 0.29) is 20.4 Å². The minimum Gasteiger partial charge on any atom is -0.741 e. The Balaban J connectivity index is 0.000000262. The molecule has 6 nitrogen and oxygen atoms in total. The van der Waals surface area contributed by atoms with E-state index in [1.54, 1.807) is 0 Å². The third kappa shape index (κ3) is 14.1. The second-order valence-corrected chi connectivity index (χ2v) is 20.5. The SMILES string of the molecule is Cc1c[c-]c(N=Nc2ccc(C)cc2)cc1.Cc1ccc(N=P(CP(c2ccccc2)c2ccccc2)(c2ccccc2)c2ccccc2)cc1.O=S(=O)([O-])C(F)(F)F.[Pd+2]. The van der Waals surface area contributed by atoms with Gasteiger partial charge in [0.05, 0.1) is 11.4 Å². The van der Waals surface area contributed by atoms with Crippen LogP contribution in [0, 0.1) is 26.8 Å². The van der Waals surface area contributed by atoms with E-state index in [2.05, 4.69) is 176 Å². The molecule has 7 aromatic carbocycles. The molecule has 0 fully saturated rings. The number of azo groups is 1. The third-order valence-corrected chi connectivity index (χ3v) is 16.8. The van der Waals surface area contributed by atoms with Gasteiger partial charge in [-0.05, 0) is 72.9 Å². The molecule has 0 saturated heterocycles. The van der Waals surface area contributed by atoms with Gasteiger partial charge < -0.3 is 4.55 Å². The van der Waals surface area contributed by atoms with Crippen LogP contribution in [0.3, 0.4) is 0 Å². The van der Waals surface area contributed by atoms with Crippen molar-refractivity contribution in [1.29, 1.82) is 0 Å². The van der Waals surface area contributed by atoms with Crippen molar-refractivity contribution in [2.45, 2.75) is 26.3 Å². The van der Waals surface area contributed by atoms with Gasteiger partial charge in [0.1, 0.15) is 0 Å². The van der Waals surface area contributed by atoms with Crippen LogP contribution >= 0.6 is 15.0 Å². The summed E-state index contributed by atoms with van der Waals surface area (Å²) in [6.07, 6.45) is 0. The topological polar surface area (TPSA) is 94.3 Å². The molecule has 7 rings (SSSR count). The Morgan fingerprint density at radius 3 is 1.33 bits per heavy atom. The average molecular weight is 954 g/mol. The van der Waals surface area contributed by atoms with Crippen molar-refractivity contribution in [3.63, 3.8) is 0 Å². The molecule has 0 radical (unpaired) electrons. The van der Waals surface area contributed by atoms with Crippen molar-refractivity contribution in [2.75, 3.05) is 5.90 Å². The molecule has 60 heavy (non-hydrogen) atoms. The number of aryl methyl sites for hydroxylation is 3. The van der Waals surface area contributed by atoms with Crippen molar-refractivity contribution in [1.82, 2.24) is 0 Å². The Morgan fingerprint density at radius 1 is 0.567 bits per heavy atom. The maximum Gasteiger partial charge on any atom is 2.00 e. The van der Waals surface area contributed by atoms with Crippen LogP contribution in [0.5, 0.6) is 0 Å². The zero-order chi connectivity index (χ0) is 42.3. The quantitative estimate of drug-likeness (QED) is 0.0360. The molecule has 310 valence electrons. The van der Waals surface area contributed by atoms with Crippen LogP contribution in [-0.4, -0.2) is 24.4 Å². The second kappa shape index (κ2) is 22.7. The number of benzene rings is 7. The van der Waals surface area contributed by atoms with Crippen LogP contribution in [0.1, 0.15) is 16.7 Å². The Bertz CT molecular complexity index is 2420. The molecule has 0 saturated carbocycles. The predicted octanol–water partition coefficient (Wildman–Crippen LogP) is 12.1. The van der Waals surface area contributed by atoms with Gasteiger partial charge in [0.25, 0.3) is 0 Å². The van der Waals surface area contributed by atoms with Crippen LogP contribution in [-0.2, 0) is 30.5 Å². The summed E-state index contributed by atoms with van der Waals surface area (Å²) in [7, 11) is -8.89. The fraction of sp³-hybridized carbons (Fsp3) is 0.106. The monoisotopic (exact) mass is 953 g/mol. The van der Waals surface area contributed by atoms with Gasteiger partial charge in [0.2, 0.25) is 0 Å². The molecule has 0 bridgehead atoms. The number of alkyl halides is 3. The average Bonchev–Trinajstić information content (AvgIpc) is 3.24. The molecule has 0 amide bonds. The summed E-state index contributed by atoms with van der Waals surface area (Å²) in [6.45, 7) is 6.21. The summed E-state index contributed by atoms with van der Waals surface area (Å²) in [5.41, 5.74) is 0.671. The van der Waals surface area contributed by atoms with Gasteiger partial charge in [-0.2, -0.15) is 47.2 Å². The summed E-state index contributed by atoms with van der Waals surface area (Å²) in [6, 6.07) is 69.5. The van der Waals surface area contributed by atoms with Gasteiger partial charge in [-0.1, -0.05) is 164 Å². The van der Waals surface area contributed by atoms with Gasteiger partial charge in [0.15, 0.2) is 10.1 Å². The largest absolute Gasteiger partial charge is 2.00 e. The molecule has 0 aliphatic rings. The molecule has 0 N–H and O–H groups in total. The minimum absolute atomic E-state index is 0. The van der Waals surface area contributed by atoms with Crippen molar-refractivity contribution < 1.29 is 46.6 Å². The zero-order valence-corrected chi connectivity index (χ0v) is 37.1. The van der Waals surface area contributed by atoms with Crippen LogP contribution < -0.4 is 21.2 Å². The van der Waals surface area contributed by atoms with E-state index < -0.39 is 30.6 Å². The minimum atomic E-state index is -6.09. The maximum atomic E-state index is 10.7. The zero-order valence-electron chi connectivity index (χ0n) is 32.9. The molecule has 0 aromatic heterocycles. The molecule has 0 aliphatic carbocycles. The molecule has 0 atom stereocenters. The summed E-state index contributed by atoms with van der Waals surface area (Å²) in [4.78, 5) is 0. The Kier molecular flexibility index (Phi) is 18.1.